The van der Waals surface area contributed by atoms with E-state index < -0.39 is 21.8 Å². The van der Waals surface area contributed by atoms with Crippen molar-refractivity contribution in [2.24, 2.45) is 4.36 Å². The maximum absolute atomic E-state index is 12.9. The van der Waals surface area contributed by atoms with Crippen LogP contribution in [0.1, 0.15) is 5.89 Å². The van der Waals surface area contributed by atoms with E-state index >= 15 is 0 Å². The number of aromatic nitrogens is 2. The molecular formula is C17H14F3N3O3S. The zero-order valence-corrected chi connectivity index (χ0v) is 15.0. The van der Waals surface area contributed by atoms with E-state index in [0.29, 0.717) is 16.3 Å². The number of ether oxygens (including phenoxy) is 1. The molecule has 142 valence electrons. The van der Waals surface area contributed by atoms with Crippen molar-refractivity contribution in [1.29, 1.82) is 0 Å². The average molecular weight is 397 g/mol. The van der Waals surface area contributed by atoms with E-state index in [1.807, 2.05) is 0 Å². The lowest BCUT2D eigenvalue weighted by Gasteiger charge is -2.06. The second-order valence-electron chi connectivity index (χ2n) is 5.54. The second kappa shape index (κ2) is 7.03. The number of nitrogens with zero attached hydrogens (tertiary/aromatic N) is 3. The van der Waals surface area contributed by atoms with Crippen LogP contribution in [0.4, 0.5) is 18.9 Å². The van der Waals surface area contributed by atoms with Gasteiger partial charge in [0.2, 0.25) is 5.82 Å². The summed E-state index contributed by atoms with van der Waals surface area (Å²) in [5.41, 5.74) is 0.578. The summed E-state index contributed by atoms with van der Waals surface area (Å²) in [6, 6.07) is 12.7. The molecule has 27 heavy (non-hydrogen) atoms. The standard InChI is InChI=1S/C17H14F3N3O3S/c1-25-13-6-8-14(9-7-13)27(2,24)23-12-5-3-4-11(10-12)15-21-16(26-22-15)17(18,19)20/h3-10H,1-2H3. The average Bonchev–Trinajstić information content (AvgIpc) is 3.12. The van der Waals surface area contributed by atoms with Crippen LogP contribution in [0.5, 0.6) is 5.75 Å². The van der Waals surface area contributed by atoms with Gasteiger partial charge in [0, 0.05) is 16.7 Å². The van der Waals surface area contributed by atoms with Crippen molar-refractivity contribution in [3.05, 3.63) is 54.4 Å². The van der Waals surface area contributed by atoms with Crippen molar-refractivity contribution in [3.8, 4) is 17.1 Å². The Morgan fingerprint density at radius 2 is 1.85 bits per heavy atom. The Bertz CT molecular complexity index is 1070. The van der Waals surface area contributed by atoms with Crippen LogP contribution in [0.2, 0.25) is 0 Å². The van der Waals surface area contributed by atoms with Crippen LogP contribution >= 0.6 is 0 Å². The first kappa shape index (κ1) is 18.9. The molecule has 0 aliphatic heterocycles. The van der Waals surface area contributed by atoms with Crippen molar-refractivity contribution in [3.63, 3.8) is 0 Å². The van der Waals surface area contributed by atoms with E-state index in [4.69, 9.17) is 4.74 Å². The monoisotopic (exact) mass is 397 g/mol. The van der Waals surface area contributed by atoms with Crippen LogP contribution in [-0.2, 0) is 15.9 Å². The molecular weight excluding hydrogens is 383 g/mol. The van der Waals surface area contributed by atoms with Gasteiger partial charge < -0.3 is 9.26 Å². The van der Waals surface area contributed by atoms with Crippen LogP contribution in [0.25, 0.3) is 11.4 Å². The van der Waals surface area contributed by atoms with Gasteiger partial charge in [0.05, 0.1) is 22.5 Å². The molecule has 0 aliphatic carbocycles. The summed E-state index contributed by atoms with van der Waals surface area (Å²) in [5.74, 6) is -1.04. The van der Waals surface area contributed by atoms with E-state index in [1.165, 1.54) is 25.5 Å². The van der Waals surface area contributed by atoms with Gasteiger partial charge in [0.15, 0.2) is 0 Å². The Balaban J connectivity index is 1.96. The lowest BCUT2D eigenvalue weighted by molar-refractivity contribution is -0.159. The Morgan fingerprint density at radius 1 is 1.15 bits per heavy atom. The van der Waals surface area contributed by atoms with Gasteiger partial charge in [0.25, 0.3) is 0 Å². The number of hydrogen-bond acceptors (Lipinski definition) is 6. The van der Waals surface area contributed by atoms with Gasteiger partial charge in [-0.05, 0) is 36.4 Å². The van der Waals surface area contributed by atoms with Gasteiger partial charge >= 0.3 is 12.1 Å². The minimum Gasteiger partial charge on any atom is -0.497 e. The Labute approximate surface area is 153 Å². The molecule has 3 aromatic rings. The smallest absolute Gasteiger partial charge is 0.471 e. The van der Waals surface area contributed by atoms with Crippen LogP contribution in [0.3, 0.4) is 0 Å². The van der Waals surface area contributed by atoms with Crippen LogP contribution in [0.15, 0.2) is 62.3 Å². The van der Waals surface area contributed by atoms with E-state index in [9.17, 15) is 17.4 Å². The third-order valence-electron chi connectivity index (χ3n) is 3.55. The van der Waals surface area contributed by atoms with Crippen molar-refractivity contribution in [2.75, 3.05) is 13.4 Å². The molecule has 0 spiro atoms. The Morgan fingerprint density at radius 3 is 2.44 bits per heavy atom. The molecule has 0 saturated carbocycles. The van der Waals surface area contributed by atoms with Gasteiger partial charge in [0.1, 0.15) is 5.75 Å². The van der Waals surface area contributed by atoms with Crippen molar-refractivity contribution in [1.82, 2.24) is 10.1 Å². The third kappa shape index (κ3) is 4.27. The van der Waals surface area contributed by atoms with E-state index in [1.54, 1.807) is 36.4 Å². The number of benzene rings is 2. The maximum atomic E-state index is 12.9. The molecule has 0 amide bonds. The summed E-state index contributed by atoms with van der Waals surface area (Å²) >= 11 is 0. The molecule has 2 aromatic carbocycles. The predicted molar refractivity (Wildman–Crippen MR) is 92.2 cm³/mol. The summed E-state index contributed by atoms with van der Waals surface area (Å²) in [6.45, 7) is 0. The fourth-order valence-electron chi connectivity index (χ4n) is 2.24. The lowest BCUT2D eigenvalue weighted by Crippen LogP contribution is -2.04. The minimum atomic E-state index is -4.72. The van der Waals surface area contributed by atoms with Crippen LogP contribution in [0, 0.1) is 0 Å². The second-order valence-corrected chi connectivity index (χ2v) is 7.80. The highest BCUT2D eigenvalue weighted by molar-refractivity contribution is 7.93. The molecule has 10 heteroatoms. The fourth-order valence-corrected chi connectivity index (χ4v) is 3.50. The number of methoxy groups -OCH3 is 1. The van der Waals surface area contributed by atoms with Gasteiger partial charge in [-0.1, -0.05) is 17.3 Å². The summed E-state index contributed by atoms with van der Waals surface area (Å²) in [7, 11) is -1.26. The predicted octanol–water partition coefficient (Wildman–Crippen LogP) is 4.55. The maximum Gasteiger partial charge on any atom is 0.471 e. The topological polar surface area (TPSA) is 77.6 Å². The fraction of sp³-hybridized carbons (Fsp3) is 0.176. The summed E-state index contributed by atoms with van der Waals surface area (Å²) in [5, 5.41) is 3.33. The van der Waals surface area contributed by atoms with Gasteiger partial charge in [-0.15, -0.1) is 0 Å². The molecule has 1 unspecified atom stereocenters. The molecule has 0 bridgehead atoms. The number of halogens is 3. The highest BCUT2D eigenvalue weighted by Crippen LogP contribution is 2.30. The highest BCUT2D eigenvalue weighted by atomic mass is 32.2. The number of alkyl halides is 3. The van der Waals surface area contributed by atoms with Crippen molar-refractivity contribution in [2.45, 2.75) is 11.1 Å². The first-order chi connectivity index (χ1) is 12.7. The highest BCUT2D eigenvalue weighted by Gasteiger charge is 2.38. The Hall–Kier alpha value is -2.88. The summed E-state index contributed by atoms with van der Waals surface area (Å²) in [6.07, 6.45) is -3.25. The van der Waals surface area contributed by atoms with E-state index in [2.05, 4.69) is 19.0 Å². The normalized spacial score (nSPS) is 13.8. The number of rotatable bonds is 4. The zero-order valence-electron chi connectivity index (χ0n) is 14.2. The third-order valence-corrected chi connectivity index (χ3v) is 5.26. The summed E-state index contributed by atoms with van der Waals surface area (Å²) in [4.78, 5) is 3.83. The molecule has 0 radical (unpaired) electrons. The largest absolute Gasteiger partial charge is 0.497 e. The van der Waals surface area contributed by atoms with Crippen molar-refractivity contribution >= 4 is 15.4 Å². The molecule has 1 heterocycles. The SMILES string of the molecule is COc1ccc(S(C)(=O)=Nc2cccc(-c3noc(C(F)(F)F)n3)c2)cc1. The van der Waals surface area contributed by atoms with Gasteiger partial charge in [-0.3, -0.25) is 0 Å². The zero-order chi connectivity index (χ0) is 19.7. The first-order valence-corrected chi connectivity index (χ1v) is 9.49. The van der Waals surface area contributed by atoms with Crippen LogP contribution < -0.4 is 4.74 Å². The van der Waals surface area contributed by atoms with E-state index in [0.717, 1.165) is 0 Å². The molecule has 1 aromatic heterocycles. The van der Waals surface area contributed by atoms with Gasteiger partial charge in [-0.2, -0.15) is 22.5 Å². The minimum absolute atomic E-state index is 0.230. The molecule has 0 fully saturated rings. The first-order valence-electron chi connectivity index (χ1n) is 7.56. The quantitative estimate of drug-likeness (QED) is 0.645. The number of hydrogen-bond donors (Lipinski definition) is 0. The molecule has 6 nitrogen and oxygen atoms in total. The lowest BCUT2D eigenvalue weighted by atomic mass is 10.2. The van der Waals surface area contributed by atoms with Crippen LogP contribution in [-0.4, -0.2) is 27.7 Å². The molecule has 0 aliphatic rings. The molecule has 0 saturated heterocycles. The van der Waals surface area contributed by atoms with E-state index in [-0.39, 0.29) is 11.4 Å². The summed E-state index contributed by atoms with van der Waals surface area (Å²) < 4.78 is 64.3. The van der Waals surface area contributed by atoms with Crippen molar-refractivity contribution < 1.29 is 26.6 Å². The molecule has 3 rings (SSSR count). The molecule has 1 atom stereocenters. The van der Waals surface area contributed by atoms with Gasteiger partial charge in [-0.25, -0.2) is 4.21 Å². The Kier molecular flexibility index (Phi) is 4.92. The molecule has 0 N–H and O–H groups in total.